The molecule has 3 heterocycles. The lowest BCUT2D eigenvalue weighted by Gasteiger charge is -2.20. The van der Waals surface area contributed by atoms with Crippen LogP contribution in [0.3, 0.4) is 0 Å². The van der Waals surface area contributed by atoms with Crippen LogP contribution in [0, 0.1) is 19.8 Å². The van der Waals surface area contributed by atoms with Gasteiger partial charge in [-0.2, -0.15) is 5.10 Å². The molecule has 0 saturated carbocycles. The molecule has 1 amide bonds. The van der Waals surface area contributed by atoms with Gasteiger partial charge in [0.1, 0.15) is 18.2 Å². The Labute approximate surface area is 157 Å². The summed E-state index contributed by atoms with van der Waals surface area (Å²) in [6.45, 7) is 5.02. The molecular formula is C20H23N5O2. The molecule has 4 rings (SSSR count). The SMILES string of the molecule is Cc1nc(C)n(CC(=O)N[C@@H]2COC[C@H]2Cc2ccnc3ccccc23)n1. The average molecular weight is 365 g/mol. The van der Waals surface area contributed by atoms with Crippen LogP contribution in [-0.2, 0) is 22.5 Å². The van der Waals surface area contributed by atoms with E-state index in [0.717, 1.165) is 23.1 Å². The molecule has 0 aliphatic carbocycles. The molecule has 1 aliphatic rings. The van der Waals surface area contributed by atoms with E-state index in [-0.39, 0.29) is 24.4 Å². The number of pyridine rings is 1. The summed E-state index contributed by atoms with van der Waals surface area (Å²) < 4.78 is 7.30. The molecule has 3 aromatic rings. The number of nitrogens with zero attached hydrogens (tertiary/aromatic N) is 4. The first-order valence-electron chi connectivity index (χ1n) is 9.18. The van der Waals surface area contributed by atoms with E-state index in [0.29, 0.717) is 19.0 Å². The Balaban J connectivity index is 1.44. The fraction of sp³-hybridized carbons (Fsp3) is 0.400. The first-order valence-corrected chi connectivity index (χ1v) is 9.18. The highest BCUT2D eigenvalue weighted by Gasteiger charge is 2.30. The summed E-state index contributed by atoms with van der Waals surface area (Å²) >= 11 is 0. The maximum atomic E-state index is 12.5. The normalized spacial score (nSPS) is 19.5. The van der Waals surface area contributed by atoms with E-state index in [1.54, 1.807) is 4.68 Å². The maximum absolute atomic E-state index is 12.5. The zero-order chi connectivity index (χ0) is 18.8. The van der Waals surface area contributed by atoms with Gasteiger partial charge in [0.25, 0.3) is 0 Å². The average Bonchev–Trinajstić information content (AvgIpc) is 3.21. The van der Waals surface area contributed by atoms with Gasteiger partial charge in [-0.05, 0) is 38.0 Å². The minimum absolute atomic E-state index is 0.00523. The summed E-state index contributed by atoms with van der Waals surface area (Å²) in [6.07, 6.45) is 2.69. The topological polar surface area (TPSA) is 81.9 Å². The third kappa shape index (κ3) is 3.83. The first kappa shape index (κ1) is 17.6. The highest BCUT2D eigenvalue weighted by atomic mass is 16.5. The molecule has 0 bridgehead atoms. The van der Waals surface area contributed by atoms with Crippen LogP contribution in [0.1, 0.15) is 17.2 Å². The zero-order valence-corrected chi connectivity index (χ0v) is 15.6. The molecule has 7 nitrogen and oxygen atoms in total. The van der Waals surface area contributed by atoms with Gasteiger partial charge in [-0.15, -0.1) is 0 Å². The van der Waals surface area contributed by atoms with Crippen molar-refractivity contribution in [2.45, 2.75) is 32.9 Å². The van der Waals surface area contributed by atoms with Crippen molar-refractivity contribution in [3.8, 4) is 0 Å². The quantitative estimate of drug-likeness (QED) is 0.746. The molecule has 7 heteroatoms. The molecule has 2 atom stereocenters. The second-order valence-corrected chi connectivity index (χ2v) is 7.03. The zero-order valence-electron chi connectivity index (χ0n) is 15.6. The van der Waals surface area contributed by atoms with Crippen LogP contribution in [0.5, 0.6) is 0 Å². The Morgan fingerprint density at radius 3 is 2.93 bits per heavy atom. The number of amides is 1. The van der Waals surface area contributed by atoms with Crippen molar-refractivity contribution < 1.29 is 9.53 Å². The van der Waals surface area contributed by atoms with Crippen LogP contribution in [0.2, 0.25) is 0 Å². The van der Waals surface area contributed by atoms with Crippen molar-refractivity contribution in [1.29, 1.82) is 0 Å². The summed E-state index contributed by atoms with van der Waals surface area (Å²) in [5.74, 6) is 1.58. The molecule has 0 unspecified atom stereocenters. The van der Waals surface area contributed by atoms with Crippen molar-refractivity contribution in [3.05, 3.63) is 53.7 Å². The monoisotopic (exact) mass is 365 g/mol. The second-order valence-electron chi connectivity index (χ2n) is 7.03. The van der Waals surface area contributed by atoms with Gasteiger partial charge in [-0.1, -0.05) is 18.2 Å². The van der Waals surface area contributed by atoms with E-state index >= 15 is 0 Å². The number of carbonyl (C=O) groups excluding carboxylic acids is 1. The van der Waals surface area contributed by atoms with E-state index in [4.69, 9.17) is 4.74 Å². The number of para-hydroxylation sites is 1. The Bertz CT molecular complexity index is 963. The van der Waals surface area contributed by atoms with E-state index in [1.165, 1.54) is 5.56 Å². The third-order valence-electron chi connectivity index (χ3n) is 5.02. The summed E-state index contributed by atoms with van der Waals surface area (Å²) in [5, 5.41) is 8.52. The van der Waals surface area contributed by atoms with Crippen molar-refractivity contribution in [2.75, 3.05) is 13.2 Å². The Morgan fingerprint density at radius 2 is 2.11 bits per heavy atom. The summed E-state index contributed by atoms with van der Waals surface area (Å²) in [7, 11) is 0. The minimum Gasteiger partial charge on any atom is -0.379 e. The fourth-order valence-electron chi connectivity index (χ4n) is 3.67. The van der Waals surface area contributed by atoms with Crippen LogP contribution < -0.4 is 5.32 Å². The molecule has 27 heavy (non-hydrogen) atoms. The number of benzene rings is 1. The van der Waals surface area contributed by atoms with Gasteiger partial charge in [-0.25, -0.2) is 9.67 Å². The largest absolute Gasteiger partial charge is 0.379 e. The highest BCUT2D eigenvalue weighted by Crippen LogP contribution is 2.24. The second kappa shape index (κ2) is 7.44. The molecule has 1 aromatic carbocycles. The predicted octanol–water partition coefficient (Wildman–Crippen LogP) is 1.82. The lowest BCUT2D eigenvalue weighted by molar-refractivity contribution is -0.122. The number of aryl methyl sites for hydroxylation is 2. The molecule has 0 spiro atoms. The number of aromatic nitrogens is 4. The number of carbonyl (C=O) groups is 1. The van der Waals surface area contributed by atoms with Gasteiger partial charge >= 0.3 is 0 Å². The Kier molecular flexibility index (Phi) is 4.85. The number of rotatable bonds is 5. The summed E-state index contributed by atoms with van der Waals surface area (Å²) in [6, 6.07) is 10.2. The van der Waals surface area contributed by atoms with Crippen molar-refractivity contribution in [2.24, 2.45) is 5.92 Å². The van der Waals surface area contributed by atoms with Gasteiger partial charge in [0.2, 0.25) is 5.91 Å². The molecule has 1 saturated heterocycles. The van der Waals surface area contributed by atoms with Gasteiger partial charge < -0.3 is 10.1 Å². The minimum atomic E-state index is -0.0666. The molecule has 140 valence electrons. The van der Waals surface area contributed by atoms with Gasteiger partial charge in [0.15, 0.2) is 0 Å². The number of fused-ring (bicyclic) bond motifs is 1. The summed E-state index contributed by atoms with van der Waals surface area (Å²) in [5.41, 5.74) is 2.23. The van der Waals surface area contributed by atoms with E-state index < -0.39 is 0 Å². The highest BCUT2D eigenvalue weighted by molar-refractivity contribution is 5.82. The van der Waals surface area contributed by atoms with Crippen molar-refractivity contribution >= 4 is 16.8 Å². The number of hydrogen-bond acceptors (Lipinski definition) is 5. The van der Waals surface area contributed by atoms with Crippen molar-refractivity contribution in [3.63, 3.8) is 0 Å². The third-order valence-corrected chi connectivity index (χ3v) is 5.02. The van der Waals surface area contributed by atoms with Crippen LogP contribution in [0.4, 0.5) is 0 Å². The molecule has 1 aliphatic heterocycles. The number of hydrogen-bond donors (Lipinski definition) is 1. The molecular weight excluding hydrogens is 342 g/mol. The standard InChI is InChI=1S/C20H23N5O2/c1-13-22-14(2)25(24-13)10-20(26)23-19-12-27-11-16(19)9-15-7-8-21-18-6-4-3-5-17(15)18/h3-8,16,19H,9-12H2,1-2H3,(H,23,26)/t16-,19-/m1/s1. The Morgan fingerprint density at radius 1 is 1.26 bits per heavy atom. The van der Waals surface area contributed by atoms with Gasteiger partial charge in [0.05, 0.1) is 24.8 Å². The van der Waals surface area contributed by atoms with Gasteiger partial charge in [-0.3, -0.25) is 9.78 Å². The molecule has 0 radical (unpaired) electrons. The van der Waals surface area contributed by atoms with Gasteiger partial charge in [0, 0.05) is 17.5 Å². The predicted molar refractivity (Wildman–Crippen MR) is 101 cm³/mol. The van der Waals surface area contributed by atoms with Crippen LogP contribution in [0.25, 0.3) is 10.9 Å². The maximum Gasteiger partial charge on any atom is 0.242 e. The van der Waals surface area contributed by atoms with Crippen LogP contribution in [0.15, 0.2) is 36.5 Å². The first-order chi connectivity index (χ1) is 13.1. The lowest BCUT2D eigenvalue weighted by atomic mass is 9.93. The van der Waals surface area contributed by atoms with E-state index in [9.17, 15) is 4.79 Å². The van der Waals surface area contributed by atoms with Crippen molar-refractivity contribution in [1.82, 2.24) is 25.1 Å². The fourth-order valence-corrected chi connectivity index (χ4v) is 3.67. The molecule has 1 N–H and O–H groups in total. The number of ether oxygens (including phenoxy) is 1. The van der Waals surface area contributed by atoms with Crippen LogP contribution >= 0.6 is 0 Å². The number of nitrogens with one attached hydrogen (secondary N) is 1. The summed E-state index contributed by atoms with van der Waals surface area (Å²) in [4.78, 5) is 21.1. The lowest BCUT2D eigenvalue weighted by Crippen LogP contribution is -2.42. The molecule has 1 fully saturated rings. The molecule has 2 aromatic heterocycles. The van der Waals surface area contributed by atoms with E-state index in [2.05, 4.69) is 32.5 Å². The van der Waals surface area contributed by atoms with Crippen LogP contribution in [-0.4, -0.2) is 44.9 Å². The smallest absolute Gasteiger partial charge is 0.242 e. The Hall–Kier alpha value is -2.80. The van der Waals surface area contributed by atoms with E-state index in [1.807, 2.05) is 38.2 Å².